The SMILES string of the molecule is CC1=C(N(C=O)c2ccccc2C)SCCO1. The van der Waals surface area contributed by atoms with Gasteiger partial charge in [-0.3, -0.25) is 9.69 Å². The topological polar surface area (TPSA) is 29.5 Å². The first-order chi connectivity index (χ1) is 8.24. The summed E-state index contributed by atoms with van der Waals surface area (Å²) in [6, 6.07) is 7.84. The number of hydrogen-bond donors (Lipinski definition) is 0. The quantitative estimate of drug-likeness (QED) is 0.771. The molecule has 1 heterocycles. The molecule has 0 atom stereocenters. The maximum Gasteiger partial charge on any atom is 0.219 e. The third-order valence-corrected chi connectivity index (χ3v) is 3.77. The lowest BCUT2D eigenvalue weighted by Crippen LogP contribution is -2.24. The number of para-hydroxylation sites is 1. The molecular formula is C13H15NO2S. The minimum absolute atomic E-state index is 0.709. The van der Waals surface area contributed by atoms with Gasteiger partial charge in [-0.25, -0.2) is 0 Å². The van der Waals surface area contributed by atoms with Crippen molar-refractivity contribution >= 4 is 23.9 Å². The molecule has 1 aliphatic heterocycles. The van der Waals surface area contributed by atoms with Crippen LogP contribution in [0.1, 0.15) is 12.5 Å². The van der Waals surface area contributed by atoms with Gasteiger partial charge in [-0.15, -0.1) is 11.8 Å². The van der Waals surface area contributed by atoms with Gasteiger partial charge in [0.25, 0.3) is 0 Å². The van der Waals surface area contributed by atoms with Crippen molar-refractivity contribution in [3.8, 4) is 0 Å². The Morgan fingerprint density at radius 3 is 2.76 bits per heavy atom. The third-order valence-electron chi connectivity index (χ3n) is 2.64. The van der Waals surface area contributed by atoms with Crippen molar-refractivity contribution in [3.05, 3.63) is 40.6 Å². The number of thioether (sulfide) groups is 1. The highest BCUT2D eigenvalue weighted by molar-refractivity contribution is 8.03. The monoisotopic (exact) mass is 249 g/mol. The molecule has 90 valence electrons. The zero-order valence-electron chi connectivity index (χ0n) is 9.97. The second-order valence-electron chi connectivity index (χ2n) is 3.82. The van der Waals surface area contributed by atoms with Gasteiger partial charge in [-0.1, -0.05) is 18.2 Å². The Morgan fingerprint density at radius 2 is 2.12 bits per heavy atom. The standard InChI is InChI=1S/C13H15NO2S/c1-10-5-3-4-6-12(10)14(9-15)13-11(2)16-7-8-17-13/h3-6,9H,7-8H2,1-2H3. The molecule has 0 N–H and O–H groups in total. The van der Waals surface area contributed by atoms with E-state index >= 15 is 0 Å². The van der Waals surface area contributed by atoms with Gasteiger partial charge in [0.15, 0.2) is 0 Å². The number of ether oxygens (including phenoxy) is 1. The summed E-state index contributed by atoms with van der Waals surface area (Å²) >= 11 is 1.66. The van der Waals surface area contributed by atoms with Crippen molar-refractivity contribution in [1.29, 1.82) is 0 Å². The summed E-state index contributed by atoms with van der Waals surface area (Å²) in [6.45, 7) is 4.60. The normalized spacial score (nSPS) is 15.4. The van der Waals surface area contributed by atoms with Crippen LogP contribution in [0.4, 0.5) is 5.69 Å². The maximum atomic E-state index is 11.3. The molecule has 1 amide bonds. The van der Waals surface area contributed by atoms with Gasteiger partial charge in [0.1, 0.15) is 10.8 Å². The van der Waals surface area contributed by atoms with E-state index in [0.29, 0.717) is 6.61 Å². The van der Waals surface area contributed by atoms with Crippen molar-refractivity contribution in [2.75, 3.05) is 17.3 Å². The molecule has 0 bridgehead atoms. The molecule has 4 heteroatoms. The molecule has 0 spiro atoms. The van der Waals surface area contributed by atoms with E-state index in [1.165, 1.54) is 0 Å². The summed E-state index contributed by atoms with van der Waals surface area (Å²) < 4.78 is 5.49. The Bertz CT molecular complexity index is 456. The number of carbonyl (C=O) groups excluding carboxylic acids is 1. The molecule has 17 heavy (non-hydrogen) atoms. The van der Waals surface area contributed by atoms with Gasteiger partial charge in [-0.05, 0) is 25.5 Å². The van der Waals surface area contributed by atoms with Gasteiger partial charge in [-0.2, -0.15) is 0 Å². The number of hydrogen-bond acceptors (Lipinski definition) is 3. The van der Waals surface area contributed by atoms with E-state index < -0.39 is 0 Å². The van der Waals surface area contributed by atoms with Crippen molar-refractivity contribution in [2.24, 2.45) is 0 Å². The Hall–Kier alpha value is -1.42. The fourth-order valence-corrected chi connectivity index (χ4v) is 2.69. The van der Waals surface area contributed by atoms with Crippen LogP contribution >= 0.6 is 11.8 Å². The number of carbonyl (C=O) groups is 1. The predicted octanol–water partition coefficient (Wildman–Crippen LogP) is 2.91. The second kappa shape index (κ2) is 5.27. The van der Waals surface area contributed by atoms with Gasteiger partial charge < -0.3 is 4.74 Å². The summed E-state index contributed by atoms with van der Waals surface area (Å²) in [5, 5.41) is 0.889. The van der Waals surface area contributed by atoms with E-state index in [1.54, 1.807) is 16.7 Å². The summed E-state index contributed by atoms with van der Waals surface area (Å²) in [6.07, 6.45) is 0.850. The Labute approximate surface area is 105 Å². The van der Waals surface area contributed by atoms with Crippen LogP contribution in [0.2, 0.25) is 0 Å². The summed E-state index contributed by atoms with van der Waals surface area (Å²) in [7, 11) is 0. The lowest BCUT2D eigenvalue weighted by Gasteiger charge is -2.26. The zero-order valence-corrected chi connectivity index (χ0v) is 10.8. The average Bonchev–Trinajstić information content (AvgIpc) is 2.34. The van der Waals surface area contributed by atoms with Crippen molar-refractivity contribution in [2.45, 2.75) is 13.8 Å². The number of benzene rings is 1. The van der Waals surface area contributed by atoms with E-state index in [1.807, 2.05) is 38.1 Å². The number of rotatable bonds is 3. The summed E-state index contributed by atoms with van der Waals surface area (Å²) in [5.41, 5.74) is 1.99. The van der Waals surface area contributed by atoms with E-state index in [0.717, 1.165) is 34.2 Å². The first-order valence-electron chi connectivity index (χ1n) is 5.50. The molecule has 1 aliphatic rings. The molecule has 0 fully saturated rings. The van der Waals surface area contributed by atoms with E-state index in [9.17, 15) is 4.79 Å². The molecule has 0 radical (unpaired) electrons. The van der Waals surface area contributed by atoms with Crippen LogP contribution < -0.4 is 4.90 Å². The van der Waals surface area contributed by atoms with Crippen LogP contribution in [-0.2, 0) is 9.53 Å². The van der Waals surface area contributed by atoms with Crippen LogP contribution in [0.5, 0.6) is 0 Å². The Kier molecular flexibility index (Phi) is 3.74. The minimum atomic E-state index is 0.709. The molecule has 0 saturated carbocycles. The molecule has 0 saturated heterocycles. The van der Waals surface area contributed by atoms with Crippen molar-refractivity contribution in [3.63, 3.8) is 0 Å². The lowest BCUT2D eigenvalue weighted by atomic mass is 10.2. The fraction of sp³-hybridized carbons (Fsp3) is 0.308. The van der Waals surface area contributed by atoms with Crippen LogP contribution in [-0.4, -0.2) is 18.8 Å². The Balaban J connectivity index is 2.40. The summed E-state index contributed by atoms with van der Waals surface area (Å²) in [5.74, 6) is 1.69. The number of nitrogens with zero attached hydrogens (tertiary/aromatic N) is 1. The molecule has 0 aliphatic carbocycles. The fourth-order valence-electron chi connectivity index (χ4n) is 1.78. The molecule has 2 rings (SSSR count). The van der Waals surface area contributed by atoms with E-state index in [4.69, 9.17) is 4.74 Å². The lowest BCUT2D eigenvalue weighted by molar-refractivity contribution is -0.107. The summed E-state index contributed by atoms with van der Waals surface area (Å²) in [4.78, 5) is 13.0. The van der Waals surface area contributed by atoms with Crippen LogP contribution in [0, 0.1) is 6.92 Å². The molecule has 1 aromatic rings. The largest absolute Gasteiger partial charge is 0.495 e. The highest BCUT2D eigenvalue weighted by atomic mass is 32.2. The highest BCUT2D eigenvalue weighted by Crippen LogP contribution is 2.32. The van der Waals surface area contributed by atoms with Crippen LogP contribution in [0.3, 0.4) is 0 Å². The third kappa shape index (κ3) is 2.47. The average molecular weight is 249 g/mol. The van der Waals surface area contributed by atoms with Gasteiger partial charge in [0.05, 0.1) is 12.3 Å². The maximum absolute atomic E-state index is 11.3. The highest BCUT2D eigenvalue weighted by Gasteiger charge is 2.20. The number of aryl methyl sites for hydroxylation is 1. The number of allylic oxidation sites excluding steroid dienone is 1. The smallest absolute Gasteiger partial charge is 0.219 e. The minimum Gasteiger partial charge on any atom is -0.495 e. The molecule has 1 aromatic carbocycles. The van der Waals surface area contributed by atoms with Gasteiger partial charge in [0.2, 0.25) is 6.41 Å². The van der Waals surface area contributed by atoms with E-state index in [2.05, 4.69) is 0 Å². The predicted molar refractivity (Wildman–Crippen MR) is 70.8 cm³/mol. The van der Waals surface area contributed by atoms with Crippen molar-refractivity contribution in [1.82, 2.24) is 0 Å². The van der Waals surface area contributed by atoms with E-state index in [-0.39, 0.29) is 0 Å². The van der Waals surface area contributed by atoms with Crippen LogP contribution in [0.25, 0.3) is 0 Å². The van der Waals surface area contributed by atoms with Crippen molar-refractivity contribution < 1.29 is 9.53 Å². The van der Waals surface area contributed by atoms with Gasteiger partial charge >= 0.3 is 0 Å². The second-order valence-corrected chi connectivity index (χ2v) is 4.90. The van der Waals surface area contributed by atoms with Gasteiger partial charge in [0, 0.05) is 5.75 Å². The molecule has 3 nitrogen and oxygen atoms in total. The molecular weight excluding hydrogens is 234 g/mol. The Morgan fingerprint density at radius 1 is 1.35 bits per heavy atom. The zero-order chi connectivity index (χ0) is 12.3. The first kappa shape index (κ1) is 12.0. The number of anilines is 1. The number of amides is 1. The first-order valence-corrected chi connectivity index (χ1v) is 6.49. The molecule has 0 aromatic heterocycles. The van der Waals surface area contributed by atoms with Crippen LogP contribution in [0.15, 0.2) is 35.1 Å². The molecule has 0 unspecified atom stereocenters.